The molecular weight excluding hydrogens is 288 g/mol. The van der Waals surface area contributed by atoms with Crippen molar-refractivity contribution in [3.63, 3.8) is 0 Å². The van der Waals surface area contributed by atoms with Gasteiger partial charge in [0.2, 0.25) is 0 Å². The van der Waals surface area contributed by atoms with Crippen LogP contribution in [0.1, 0.15) is 13.3 Å². The van der Waals surface area contributed by atoms with Gasteiger partial charge < -0.3 is 9.74 Å². The van der Waals surface area contributed by atoms with Crippen molar-refractivity contribution in [2.75, 3.05) is 17.4 Å². The molecule has 0 aromatic heterocycles. The van der Waals surface area contributed by atoms with Crippen molar-refractivity contribution in [3.05, 3.63) is 50.0 Å². The summed E-state index contributed by atoms with van der Waals surface area (Å²) in [5, 5.41) is 10.1. The summed E-state index contributed by atoms with van der Waals surface area (Å²) in [6.45, 7) is 2.11. The largest absolute Gasteiger partial charge is 0.335 e. The Bertz CT molecular complexity index is 504. The second-order valence-electron chi connectivity index (χ2n) is 3.99. The minimum Gasteiger partial charge on any atom is -0.335 e. The number of halogens is 1. The molecule has 7 heteroatoms. The smallest absolute Gasteiger partial charge is 0.294 e. The third-order valence-corrected chi connectivity index (χ3v) is 4.33. The van der Waals surface area contributed by atoms with Gasteiger partial charge >= 0.3 is 0 Å². The molecule has 0 amide bonds. The lowest BCUT2D eigenvalue weighted by molar-refractivity contribution is -0.757. The topological polar surface area (TPSA) is 55.6 Å². The van der Waals surface area contributed by atoms with Gasteiger partial charge in [0.15, 0.2) is 0 Å². The van der Waals surface area contributed by atoms with Gasteiger partial charge in [-0.2, -0.15) is 0 Å². The second kappa shape index (κ2) is 6.16. The van der Waals surface area contributed by atoms with Gasteiger partial charge in [-0.25, -0.2) is 0 Å². The van der Waals surface area contributed by atoms with Crippen LogP contribution in [0, 0.1) is 10.1 Å². The molecule has 0 bridgehead atoms. The highest BCUT2D eigenvalue weighted by atomic mass is 35.5. The van der Waals surface area contributed by atoms with Crippen LogP contribution in [0.2, 0.25) is 5.02 Å². The molecule has 1 aliphatic rings. The molecule has 1 aromatic rings. The maximum atomic E-state index is 10.1. The lowest BCUT2D eigenvalue weighted by Crippen LogP contribution is -2.15. The normalized spacial score (nSPS) is 14.9. The number of allylic oxidation sites excluding steroid dienone is 1. The first-order valence-electron chi connectivity index (χ1n) is 5.71. The molecule has 0 spiro atoms. The molecule has 0 aliphatic carbocycles. The SMILES string of the molecule is CC1=C(CCO[N+](=O)[O-])SCN1c1ccc(Cl)cc1. The Hall–Kier alpha value is -1.40. The number of hydrogen-bond donors (Lipinski definition) is 0. The second-order valence-corrected chi connectivity index (χ2v) is 5.47. The Morgan fingerprint density at radius 1 is 1.47 bits per heavy atom. The van der Waals surface area contributed by atoms with E-state index >= 15 is 0 Å². The fraction of sp³-hybridized carbons (Fsp3) is 0.333. The molecule has 0 saturated heterocycles. The zero-order valence-corrected chi connectivity index (χ0v) is 11.9. The van der Waals surface area contributed by atoms with Crippen LogP contribution in [-0.4, -0.2) is 17.6 Å². The summed E-state index contributed by atoms with van der Waals surface area (Å²) in [4.78, 5) is 17.7. The van der Waals surface area contributed by atoms with E-state index in [4.69, 9.17) is 11.6 Å². The van der Waals surface area contributed by atoms with E-state index in [1.807, 2.05) is 31.2 Å². The molecule has 0 saturated carbocycles. The first-order chi connectivity index (χ1) is 9.08. The number of benzene rings is 1. The standard InChI is InChI=1S/C12H13ClN2O3S/c1-9-12(6-7-18-15(16)17)19-8-14(9)11-4-2-10(13)3-5-11/h2-5H,6-8H2,1H3. The molecule has 19 heavy (non-hydrogen) atoms. The molecule has 0 atom stereocenters. The maximum absolute atomic E-state index is 10.1. The van der Waals surface area contributed by atoms with Crippen LogP contribution in [-0.2, 0) is 4.84 Å². The van der Waals surface area contributed by atoms with Crippen LogP contribution in [0.5, 0.6) is 0 Å². The molecular formula is C12H13ClN2O3S. The van der Waals surface area contributed by atoms with E-state index in [0.717, 1.165) is 22.2 Å². The van der Waals surface area contributed by atoms with E-state index in [-0.39, 0.29) is 6.61 Å². The molecule has 0 radical (unpaired) electrons. The average Bonchev–Trinajstić information content (AvgIpc) is 2.72. The average molecular weight is 301 g/mol. The Labute approximate surface area is 120 Å². The van der Waals surface area contributed by atoms with E-state index in [1.165, 1.54) is 0 Å². The van der Waals surface area contributed by atoms with Gasteiger partial charge in [0.1, 0.15) is 6.61 Å². The Morgan fingerprint density at radius 3 is 2.79 bits per heavy atom. The van der Waals surface area contributed by atoms with E-state index in [9.17, 15) is 10.1 Å². The molecule has 2 rings (SSSR count). The molecule has 5 nitrogen and oxygen atoms in total. The number of hydrogen-bond acceptors (Lipinski definition) is 5. The Kier molecular flexibility index (Phi) is 4.55. The Morgan fingerprint density at radius 2 is 2.16 bits per heavy atom. The van der Waals surface area contributed by atoms with Crippen LogP contribution in [0.15, 0.2) is 34.9 Å². The van der Waals surface area contributed by atoms with Crippen molar-refractivity contribution in [3.8, 4) is 0 Å². The van der Waals surface area contributed by atoms with Gasteiger partial charge in [0.05, 0.1) is 5.88 Å². The first kappa shape index (κ1) is 14.0. The number of anilines is 1. The summed E-state index contributed by atoms with van der Waals surface area (Å²) in [5.74, 6) is 0.807. The van der Waals surface area contributed by atoms with Gasteiger partial charge in [-0.3, -0.25) is 0 Å². The fourth-order valence-corrected chi connectivity index (χ4v) is 3.15. The van der Waals surface area contributed by atoms with E-state index in [0.29, 0.717) is 11.4 Å². The van der Waals surface area contributed by atoms with Crippen LogP contribution in [0.3, 0.4) is 0 Å². The highest BCUT2D eigenvalue weighted by Crippen LogP contribution is 2.37. The van der Waals surface area contributed by atoms with Crippen LogP contribution < -0.4 is 4.90 Å². The monoisotopic (exact) mass is 300 g/mol. The van der Waals surface area contributed by atoms with Crippen LogP contribution >= 0.6 is 23.4 Å². The molecule has 0 fully saturated rings. The lowest BCUT2D eigenvalue weighted by atomic mass is 10.2. The van der Waals surface area contributed by atoms with Crippen molar-refractivity contribution < 1.29 is 9.92 Å². The third kappa shape index (κ3) is 3.54. The summed E-state index contributed by atoms with van der Waals surface area (Å²) in [6, 6.07) is 7.62. The van der Waals surface area contributed by atoms with Crippen LogP contribution in [0.25, 0.3) is 0 Å². The van der Waals surface area contributed by atoms with Gasteiger partial charge in [0.25, 0.3) is 5.09 Å². The minimum atomic E-state index is -0.757. The molecule has 0 N–H and O–H groups in total. The molecule has 1 aromatic carbocycles. The van der Waals surface area contributed by atoms with E-state index in [2.05, 4.69) is 9.74 Å². The predicted molar refractivity (Wildman–Crippen MR) is 76.7 cm³/mol. The predicted octanol–water partition coefficient (Wildman–Crippen LogP) is 3.68. The fourth-order valence-electron chi connectivity index (χ4n) is 1.85. The van der Waals surface area contributed by atoms with Gasteiger partial charge in [-0.05, 0) is 31.2 Å². The number of thioether (sulfide) groups is 1. The van der Waals surface area contributed by atoms with E-state index < -0.39 is 5.09 Å². The van der Waals surface area contributed by atoms with Crippen LogP contribution in [0.4, 0.5) is 5.69 Å². The van der Waals surface area contributed by atoms with E-state index in [1.54, 1.807) is 11.8 Å². The maximum Gasteiger partial charge on any atom is 0.294 e. The zero-order valence-electron chi connectivity index (χ0n) is 10.3. The number of nitrogens with zero attached hydrogens (tertiary/aromatic N) is 2. The lowest BCUT2D eigenvalue weighted by Gasteiger charge is -2.19. The summed E-state index contributed by atoms with van der Waals surface area (Å²) in [6.07, 6.45) is 0.557. The number of rotatable bonds is 5. The highest BCUT2D eigenvalue weighted by molar-refractivity contribution is 8.03. The summed E-state index contributed by atoms with van der Waals surface area (Å²) >= 11 is 7.54. The van der Waals surface area contributed by atoms with Crippen molar-refractivity contribution >= 4 is 29.1 Å². The minimum absolute atomic E-state index is 0.0983. The first-order valence-corrected chi connectivity index (χ1v) is 7.07. The molecule has 0 unspecified atom stereocenters. The molecule has 1 heterocycles. The molecule has 1 aliphatic heterocycles. The van der Waals surface area contributed by atoms with Gasteiger partial charge in [-0.1, -0.05) is 11.6 Å². The molecule has 102 valence electrons. The summed E-state index contributed by atoms with van der Waals surface area (Å²) < 4.78 is 0. The summed E-state index contributed by atoms with van der Waals surface area (Å²) in [7, 11) is 0. The third-order valence-electron chi connectivity index (χ3n) is 2.84. The zero-order chi connectivity index (χ0) is 13.8. The Balaban J connectivity index is 2.03. The van der Waals surface area contributed by atoms with Crippen molar-refractivity contribution in [1.82, 2.24) is 0 Å². The van der Waals surface area contributed by atoms with Gasteiger partial charge in [0, 0.05) is 27.7 Å². The highest BCUT2D eigenvalue weighted by Gasteiger charge is 2.20. The quantitative estimate of drug-likeness (QED) is 0.613. The summed E-state index contributed by atoms with van der Waals surface area (Å²) in [5.41, 5.74) is 2.18. The van der Waals surface area contributed by atoms with Crippen molar-refractivity contribution in [2.24, 2.45) is 0 Å². The van der Waals surface area contributed by atoms with Crippen molar-refractivity contribution in [2.45, 2.75) is 13.3 Å². The van der Waals surface area contributed by atoms with Crippen molar-refractivity contribution in [1.29, 1.82) is 0 Å². The van der Waals surface area contributed by atoms with Gasteiger partial charge in [-0.15, -0.1) is 21.9 Å².